The lowest BCUT2D eigenvalue weighted by Gasteiger charge is -2.14. The number of hydrogen-bond acceptors (Lipinski definition) is 1. The van der Waals surface area contributed by atoms with Crippen molar-refractivity contribution >= 4 is 45.8 Å². The Bertz CT molecular complexity index is 805. The summed E-state index contributed by atoms with van der Waals surface area (Å²) in [5.41, 5.74) is 3.70. The first-order valence-electron chi connectivity index (χ1n) is 7.09. The van der Waals surface area contributed by atoms with Crippen molar-refractivity contribution in [2.75, 3.05) is 0 Å². The van der Waals surface area contributed by atoms with E-state index in [4.69, 9.17) is 12.2 Å². The van der Waals surface area contributed by atoms with E-state index in [1.54, 1.807) is 0 Å². The van der Waals surface area contributed by atoms with Gasteiger partial charge in [0.2, 0.25) is 0 Å². The van der Waals surface area contributed by atoms with E-state index < -0.39 is 0 Å². The van der Waals surface area contributed by atoms with Gasteiger partial charge in [-0.05, 0) is 78.3 Å². The maximum Gasteiger partial charge on any atom is 0.178 e. The number of hydrogen-bond donors (Lipinski definition) is 1. The van der Waals surface area contributed by atoms with Crippen LogP contribution in [-0.4, -0.2) is 9.55 Å². The number of aromatic nitrogens is 2. The molecule has 3 rings (SSSR count). The van der Waals surface area contributed by atoms with Crippen molar-refractivity contribution in [3.05, 3.63) is 62.4 Å². The summed E-state index contributed by atoms with van der Waals surface area (Å²) in [6.07, 6.45) is 2.15. The highest BCUT2D eigenvalue weighted by Crippen LogP contribution is 2.23. The lowest BCUT2D eigenvalue weighted by molar-refractivity contribution is 0.514. The quantitative estimate of drug-likeness (QED) is 0.447. The summed E-state index contributed by atoms with van der Waals surface area (Å²) in [7, 11) is 0. The van der Waals surface area contributed by atoms with Crippen molar-refractivity contribution < 1.29 is 0 Å². The molecule has 2 aromatic carbocycles. The number of halogens is 1. The molecular formula is C17H17IN2S. The second kappa shape index (κ2) is 6.32. The first kappa shape index (κ1) is 14.8. The van der Waals surface area contributed by atoms with Gasteiger partial charge in [0.15, 0.2) is 4.77 Å². The van der Waals surface area contributed by atoms with Crippen molar-refractivity contribution in [2.45, 2.75) is 25.8 Å². The maximum atomic E-state index is 5.51. The molecule has 3 aromatic rings. The minimum Gasteiger partial charge on any atom is -0.331 e. The molecular weight excluding hydrogens is 391 g/mol. The number of aromatic amines is 1. The van der Waals surface area contributed by atoms with Gasteiger partial charge in [0, 0.05) is 9.61 Å². The molecule has 0 amide bonds. The van der Waals surface area contributed by atoms with E-state index in [2.05, 4.69) is 87.6 Å². The first-order valence-corrected chi connectivity index (χ1v) is 8.57. The van der Waals surface area contributed by atoms with Gasteiger partial charge in [-0.1, -0.05) is 30.3 Å². The highest BCUT2D eigenvalue weighted by Gasteiger charge is 2.11. The van der Waals surface area contributed by atoms with Crippen molar-refractivity contribution in [3.8, 4) is 0 Å². The zero-order valence-electron chi connectivity index (χ0n) is 11.8. The number of rotatable bonds is 4. The number of aryl methyl sites for hydroxylation is 1. The molecule has 0 bridgehead atoms. The molecule has 0 aliphatic heterocycles. The van der Waals surface area contributed by atoms with Crippen LogP contribution in [0.15, 0.2) is 48.5 Å². The standard InChI is InChI=1S/C17H17IN2S/c1-12(7-8-13-5-3-2-4-6-13)20-16-10-9-14(18)11-15(16)19-17(20)21/h2-6,9-12H,7-8H2,1H3,(H,19,21). The van der Waals surface area contributed by atoms with Gasteiger partial charge in [-0.25, -0.2) is 0 Å². The van der Waals surface area contributed by atoms with Crippen LogP contribution in [0.25, 0.3) is 11.0 Å². The fraction of sp³-hybridized carbons (Fsp3) is 0.235. The SMILES string of the molecule is CC(CCc1ccccc1)n1c(=S)[nH]c2cc(I)ccc21. The van der Waals surface area contributed by atoms with Crippen LogP contribution in [0.5, 0.6) is 0 Å². The molecule has 0 saturated heterocycles. The van der Waals surface area contributed by atoms with Gasteiger partial charge in [-0.15, -0.1) is 0 Å². The third-order valence-corrected chi connectivity index (χ3v) is 4.78. The van der Waals surface area contributed by atoms with E-state index in [0.29, 0.717) is 6.04 Å². The second-order valence-corrected chi connectivity index (χ2v) is 6.97. The summed E-state index contributed by atoms with van der Waals surface area (Å²) < 4.78 is 4.27. The van der Waals surface area contributed by atoms with Crippen LogP contribution in [0, 0.1) is 8.34 Å². The summed E-state index contributed by atoms with van der Waals surface area (Å²) in [5.74, 6) is 0. The van der Waals surface area contributed by atoms with E-state index in [0.717, 1.165) is 23.1 Å². The van der Waals surface area contributed by atoms with Crippen LogP contribution in [0.4, 0.5) is 0 Å². The van der Waals surface area contributed by atoms with Gasteiger partial charge in [0.25, 0.3) is 0 Å². The van der Waals surface area contributed by atoms with Crippen LogP contribution < -0.4 is 0 Å². The molecule has 1 N–H and O–H groups in total. The van der Waals surface area contributed by atoms with E-state index >= 15 is 0 Å². The van der Waals surface area contributed by atoms with Crippen LogP contribution >= 0.6 is 34.8 Å². The molecule has 1 heterocycles. The summed E-state index contributed by atoms with van der Waals surface area (Å²) in [6.45, 7) is 2.24. The normalized spacial score (nSPS) is 12.7. The molecule has 0 aliphatic carbocycles. The largest absolute Gasteiger partial charge is 0.331 e. The van der Waals surface area contributed by atoms with Gasteiger partial charge >= 0.3 is 0 Å². The molecule has 0 radical (unpaired) electrons. The third-order valence-electron chi connectivity index (χ3n) is 3.81. The minimum absolute atomic E-state index is 0.381. The second-order valence-electron chi connectivity index (χ2n) is 5.33. The third kappa shape index (κ3) is 3.21. The highest BCUT2D eigenvalue weighted by atomic mass is 127. The summed E-state index contributed by atoms with van der Waals surface area (Å²) in [4.78, 5) is 3.32. The Morgan fingerprint density at radius 1 is 1.19 bits per heavy atom. The number of nitrogens with zero attached hydrogens (tertiary/aromatic N) is 1. The van der Waals surface area contributed by atoms with Gasteiger partial charge in [-0.2, -0.15) is 0 Å². The van der Waals surface area contributed by atoms with E-state index in [-0.39, 0.29) is 0 Å². The van der Waals surface area contributed by atoms with E-state index in [1.165, 1.54) is 14.7 Å². The van der Waals surface area contributed by atoms with Crippen LogP contribution in [0.3, 0.4) is 0 Å². The number of benzene rings is 2. The van der Waals surface area contributed by atoms with Gasteiger partial charge < -0.3 is 9.55 Å². The number of H-pyrrole nitrogens is 1. The Hall–Kier alpha value is -1.14. The minimum atomic E-state index is 0.381. The van der Waals surface area contributed by atoms with Gasteiger partial charge in [0.1, 0.15) is 0 Å². The van der Waals surface area contributed by atoms with Gasteiger partial charge in [0.05, 0.1) is 11.0 Å². The molecule has 1 aromatic heterocycles. The molecule has 0 fully saturated rings. The van der Waals surface area contributed by atoms with Crippen molar-refractivity contribution in [3.63, 3.8) is 0 Å². The van der Waals surface area contributed by atoms with E-state index in [9.17, 15) is 0 Å². The van der Waals surface area contributed by atoms with Crippen LogP contribution in [0.1, 0.15) is 24.9 Å². The van der Waals surface area contributed by atoms with Crippen molar-refractivity contribution in [2.24, 2.45) is 0 Å². The molecule has 0 spiro atoms. The molecule has 108 valence electrons. The zero-order valence-corrected chi connectivity index (χ0v) is 14.8. The zero-order chi connectivity index (χ0) is 14.8. The summed E-state index contributed by atoms with van der Waals surface area (Å²) in [6, 6.07) is 17.4. The topological polar surface area (TPSA) is 20.7 Å². The fourth-order valence-electron chi connectivity index (χ4n) is 2.69. The Morgan fingerprint density at radius 3 is 2.71 bits per heavy atom. The van der Waals surface area contributed by atoms with Gasteiger partial charge in [-0.3, -0.25) is 0 Å². The highest BCUT2D eigenvalue weighted by molar-refractivity contribution is 14.1. The van der Waals surface area contributed by atoms with Crippen molar-refractivity contribution in [1.29, 1.82) is 0 Å². The van der Waals surface area contributed by atoms with Crippen LogP contribution in [-0.2, 0) is 6.42 Å². The average molecular weight is 408 g/mol. The number of imidazole rings is 1. The monoisotopic (exact) mass is 408 g/mol. The molecule has 1 unspecified atom stereocenters. The first-order chi connectivity index (χ1) is 10.1. The predicted octanol–water partition coefficient (Wildman–Crippen LogP) is 5.50. The van der Waals surface area contributed by atoms with Crippen LogP contribution in [0.2, 0.25) is 0 Å². The molecule has 21 heavy (non-hydrogen) atoms. The molecule has 2 nitrogen and oxygen atoms in total. The van der Waals surface area contributed by atoms with Crippen molar-refractivity contribution in [1.82, 2.24) is 9.55 Å². The maximum absolute atomic E-state index is 5.51. The Balaban J connectivity index is 1.86. The molecule has 0 aliphatic rings. The Labute approximate surface area is 143 Å². The molecule has 4 heteroatoms. The summed E-state index contributed by atoms with van der Waals surface area (Å²) >= 11 is 7.84. The Kier molecular flexibility index (Phi) is 4.45. The predicted molar refractivity (Wildman–Crippen MR) is 99.3 cm³/mol. The molecule has 1 atom stereocenters. The fourth-order valence-corrected chi connectivity index (χ4v) is 3.57. The molecule has 0 saturated carbocycles. The number of nitrogens with one attached hydrogen (secondary N) is 1. The van der Waals surface area contributed by atoms with E-state index in [1.807, 2.05) is 0 Å². The summed E-state index contributed by atoms with van der Waals surface area (Å²) in [5, 5.41) is 0. The Morgan fingerprint density at radius 2 is 1.95 bits per heavy atom. The lowest BCUT2D eigenvalue weighted by Crippen LogP contribution is -2.06. The smallest absolute Gasteiger partial charge is 0.178 e. The number of fused-ring (bicyclic) bond motifs is 1. The lowest BCUT2D eigenvalue weighted by atomic mass is 10.1. The average Bonchev–Trinajstić information content (AvgIpc) is 2.81.